The van der Waals surface area contributed by atoms with Crippen molar-refractivity contribution in [3.8, 4) is 0 Å². The highest BCUT2D eigenvalue weighted by molar-refractivity contribution is 4.68. The number of hydrogen-bond acceptors (Lipinski definition) is 1. The van der Waals surface area contributed by atoms with Gasteiger partial charge in [-0.3, -0.25) is 4.90 Å². The van der Waals surface area contributed by atoms with Gasteiger partial charge in [-0.15, -0.1) is 0 Å². The van der Waals surface area contributed by atoms with Crippen LogP contribution in [0.3, 0.4) is 0 Å². The van der Waals surface area contributed by atoms with E-state index in [1.54, 1.807) is 0 Å². The van der Waals surface area contributed by atoms with Crippen molar-refractivity contribution in [2.24, 2.45) is 5.92 Å². The van der Waals surface area contributed by atoms with E-state index >= 15 is 0 Å². The van der Waals surface area contributed by atoms with Gasteiger partial charge >= 0.3 is 0 Å². The van der Waals surface area contributed by atoms with Gasteiger partial charge in [0.25, 0.3) is 0 Å². The molecule has 11 heavy (non-hydrogen) atoms. The molecule has 0 bridgehead atoms. The first-order chi connectivity index (χ1) is 5.22. The minimum atomic E-state index is -0.463. The van der Waals surface area contributed by atoms with Gasteiger partial charge in [0.05, 0.1) is 0 Å². The Hall–Kier alpha value is -0.0800. The molecule has 1 heterocycles. The van der Waals surface area contributed by atoms with Crippen LogP contribution in [0.1, 0.15) is 33.1 Å². The lowest BCUT2D eigenvalue weighted by Gasteiger charge is -2.31. The topological polar surface area (TPSA) is 23.1 Å². The zero-order valence-electron chi connectivity index (χ0n) is 7.55. The van der Waals surface area contributed by atoms with Gasteiger partial charge in [0.2, 0.25) is 0 Å². The third-order valence-electron chi connectivity index (χ3n) is 2.32. The highest BCUT2D eigenvalue weighted by Gasteiger charge is 2.21. The van der Waals surface area contributed by atoms with Crippen molar-refractivity contribution < 1.29 is 5.11 Å². The van der Waals surface area contributed by atoms with Crippen LogP contribution in [0.5, 0.6) is 0 Å². The molecule has 65 valence electrons. The summed E-state index contributed by atoms with van der Waals surface area (Å²) in [6.45, 7) is 6.05. The number of nitrogens with zero attached hydrogens (tertiary/aromatic N) is 1. The molecule has 0 spiro atoms. The SMILES string of the molecule is CC(C)C([O])N1CCCCC1. The summed E-state index contributed by atoms with van der Waals surface area (Å²) in [5.74, 6) is 0.257. The summed E-state index contributed by atoms with van der Waals surface area (Å²) in [6.07, 6.45) is 3.27. The standard InChI is InChI=1S/C9H18NO/c1-8(2)9(11)10-6-4-3-5-7-10/h8-9H,3-7H2,1-2H3. The average molecular weight is 156 g/mol. The van der Waals surface area contributed by atoms with Gasteiger partial charge < -0.3 is 0 Å². The quantitative estimate of drug-likeness (QED) is 0.598. The Morgan fingerprint density at radius 3 is 2.09 bits per heavy atom. The Morgan fingerprint density at radius 1 is 1.09 bits per heavy atom. The van der Waals surface area contributed by atoms with E-state index in [1.807, 2.05) is 13.8 Å². The Kier molecular flexibility index (Phi) is 3.34. The normalized spacial score (nSPS) is 24.0. The third-order valence-corrected chi connectivity index (χ3v) is 2.32. The first-order valence-corrected chi connectivity index (χ1v) is 4.61. The summed E-state index contributed by atoms with van der Waals surface area (Å²) >= 11 is 0. The van der Waals surface area contributed by atoms with Crippen LogP contribution < -0.4 is 0 Å². The van der Waals surface area contributed by atoms with E-state index in [0.717, 1.165) is 13.1 Å². The Bertz CT molecular complexity index is 108. The average Bonchev–Trinajstić information content (AvgIpc) is 2.05. The molecule has 1 fully saturated rings. The first kappa shape index (κ1) is 9.01. The molecule has 1 aliphatic heterocycles. The molecule has 1 unspecified atom stereocenters. The van der Waals surface area contributed by atoms with E-state index in [1.165, 1.54) is 19.3 Å². The number of likely N-dealkylation sites (tertiary alicyclic amines) is 1. The maximum Gasteiger partial charge on any atom is 0.148 e. The van der Waals surface area contributed by atoms with Crippen LogP contribution in [0.2, 0.25) is 0 Å². The molecule has 0 aliphatic carbocycles. The Labute approximate surface area is 69.2 Å². The molecule has 1 atom stereocenters. The molecule has 0 aromatic rings. The molecule has 0 N–H and O–H groups in total. The molecule has 1 radical (unpaired) electrons. The van der Waals surface area contributed by atoms with Gasteiger partial charge in [0.15, 0.2) is 0 Å². The smallest absolute Gasteiger partial charge is 0.148 e. The van der Waals surface area contributed by atoms with Gasteiger partial charge in [-0.25, -0.2) is 5.11 Å². The lowest BCUT2D eigenvalue weighted by atomic mass is 10.1. The fraction of sp³-hybridized carbons (Fsp3) is 1.00. The van der Waals surface area contributed by atoms with Crippen molar-refractivity contribution in [3.63, 3.8) is 0 Å². The second kappa shape index (κ2) is 4.07. The zero-order chi connectivity index (χ0) is 8.27. The molecular formula is C9H18NO. The molecule has 1 saturated heterocycles. The van der Waals surface area contributed by atoms with Gasteiger partial charge in [-0.1, -0.05) is 20.3 Å². The summed E-state index contributed by atoms with van der Waals surface area (Å²) in [7, 11) is 0. The van der Waals surface area contributed by atoms with E-state index in [-0.39, 0.29) is 5.92 Å². The number of piperidine rings is 1. The first-order valence-electron chi connectivity index (χ1n) is 4.61. The molecule has 1 rings (SSSR count). The molecule has 0 amide bonds. The van der Waals surface area contributed by atoms with Crippen molar-refractivity contribution in [3.05, 3.63) is 0 Å². The maximum absolute atomic E-state index is 11.5. The van der Waals surface area contributed by atoms with Crippen molar-refractivity contribution in [2.45, 2.75) is 39.3 Å². The second-order valence-corrected chi connectivity index (χ2v) is 3.73. The van der Waals surface area contributed by atoms with Crippen molar-refractivity contribution in [1.29, 1.82) is 0 Å². The molecule has 2 nitrogen and oxygen atoms in total. The highest BCUT2D eigenvalue weighted by Crippen LogP contribution is 2.15. The predicted molar refractivity (Wildman–Crippen MR) is 44.7 cm³/mol. The number of hydrogen-bond donors (Lipinski definition) is 0. The highest BCUT2D eigenvalue weighted by atomic mass is 16.3. The van der Waals surface area contributed by atoms with Gasteiger partial charge in [-0.2, -0.15) is 0 Å². The largest absolute Gasteiger partial charge is 0.275 e. The van der Waals surface area contributed by atoms with E-state index in [0.29, 0.717) is 0 Å². The predicted octanol–water partition coefficient (Wildman–Crippen LogP) is 1.88. The van der Waals surface area contributed by atoms with Gasteiger partial charge in [-0.05, 0) is 18.8 Å². The van der Waals surface area contributed by atoms with Gasteiger partial charge in [0, 0.05) is 13.1 Å². The summed E-state index contributed by atoms with van der Waals surface area (Å²) in [5, 5.41) is 11.5. The van der Waals surface area contributed by atoms with Crippen LogP contribution >= 0.6 is 0 Å². The van der Waals surface area contributed by atoms with E-state index in [9.17, 15) is 5.11 Å². The molecule has 2 heteroatoms. The third kappa shape index (κ3) is 2.46. The second-order valence-electron chi connectivity index (χ2n) is 3.73. The molecule has 0 aromatic carbocycles. The van der Waals surface area contributed by atoms with Crippen molar-refractivity contribution in [1.82, 2.24) is 4.90 Å². The van der Waals surface area contributed by atoms with Crippen LogP contribution in [-0.2, 0) is 5.11 Å². The summed E-state index contributed by atoms with van der Waals surface area (Å²) in [6, 6.07) is 0. The zero-order valence-corrected chi connectivity index (χ0v) is 7.55. The molecular weight excluding hydrogens is 138 g/mol. The van der Waals surface area contributed by atoms with Crippen LogP contribution in [0.25, 0.3) is 0 Å². The van der Waals surface area contributed by atoms with E-state index in [4.69, 9.17) is 0 Å². The molecule has 0 saturated carbocycles. The minimum Gasteiger partial charge on any atom is -0.275 e. The summed E-state index contributed by atoms with van der Waals surface area (Å²) in [4.78, 5) is 2.08. The minimum absolute atomic E-state index is 0.257. The maximum atomic E-state index is 11.5. The van der Waals surface area contributed by atoms with Crippen molar-refractivity contribution >= 4 is 0 Å². The Balaban J connectivity index is 2.32. The molecule has 0 aromatic heterocycles. The van der Waals surface area contributed by atoms with Crippen LogP contribution in [0, 0.1) is 5.92 Å². The lowest BCUT2D eigenvalue weighted by molar-refractivity contribution is -0.0853. The number of rotatable bonds is 2. The molecule has 1 aliphatic rings. The van der Waals surface area contributed by atoms with Gasteiger partial charge in [0.1, 0.15) is 6.23 Å². The fourth-order valence-corrected chi connectivity index (χ4v) is 1.59. The monoisotopic (exact) mass is 156 g/mol. The fourth-order valence-electron chi connectivity index (χ4n) is 1.59. The summed E-state index contributed by atoms with van der Waals surface area (Å²) in [5.41, 5.74) is 0. The van der Waals surface area contributed by atoms with Crippen LogP contribution in [0.4, 0.5) is 0 Å². The van der Waals surface area contributed by atoms with E-state index < -0.39 is 6.23 Å². The Morgan fingerprint density at radius 2 is 1.64 bits per heavy atom. The van der Waals surface area contributed by atoms with E-state index in [2.05, 4.69) is 4.90 Å². The van der Waals surface area contributed by atoms with Crippen LogP contribution in [0.15, 0.2) is 0 Å². The van der Waals surface area contributed by atoms with Crippen molar-refractivity contribution in [2.75, 3.05) is 13.1 Å². The lowest BCUT2D eigenvalue weighted by Crippen LogP contribution is -2.41. The van der Waals surface area contributed by atoms with Crippen LogP contribution in [-0.4, -0.2) is 24.2 Å². The summed E-state index contributed by atoms with van der Waals surface area (Å²) < 4.78 is 0.